The lowest BCUT2D eigenvalue weighted by molar-refractivity contribution is -0.142. The van der Waals surface area contributed by atoms with Crippen molar-refractivity contribution in [3.05, 3.63) is 0 Å². The lowest BCUT2D eigenvalue weighted by Gasteiger charge is -2.35. The molecule has 2 aliphatic carbocycles. The van der Waals surface area contributed by atoms with Gasteiger partial charge in [0, 0.05) is 18.5 Å². The second kappa shape index (κ2) is 4.56. The van der Waals surface area contributed by atoms with E-state index < -0.39 is 5.97 Å². The van der Waals surface area contributed by atoms with Gasteiger partial charge in [0.15, 0.2) is 0 Å². The molecule has 0 spiro atoms. The summed E-state index contributed by atoms with van der Waals surface area (Å²) >= 11 is 0. The van der Waals surface area contributed by atoms with Crippen LogP contribution in [0.25, 0.3) is 0 Å². The first-order valence-electron chi connectivity index (χ1n) is 7.19. The Hall–Kier alpha value is -1.06. The smallest absolute Gasteiger partial charge is 0.305 e. The van der Waals surface area contributed by atoms with Crippen LogP contribution in [0.4, 0.5) is 0 Å². The molecule has 1 heterocycles. The number of hydrogen-bond acceptors (Lipinski definition) is 2. The minimum atomic E-state index is -0.783. The van der Waals surface area contributed by atoms with E-state index in [0.717, 1.165) is 38.1 Å². The fraction of sp³-hybridized carbons (Fsp3) is 0.857. The molecule has 100 valence electrons. The number of rotatable bonds is 4. The summed E-state index contributed by atoms with van der Waals surface area (Å²) in [7, 11) is 0. The molecule has 18 heavy (non-hydrogen) atoms. The van der Waals surface area contributed by atoms with Crippen molar-refractivity contribution in [1.29, 1.82) is 0 Å². The number of carboxylic acid groups (broad SMARTS) is 1. The number of carboxylic acids is 1. The van der Waals surface area contributed by atoms with Gasteiger partial charge in [0.2, 0.25) is 5.91 Å². The SMILES string of the molecule is O=C(O)C[C@@H]1CCCCN1C(=O)[C@@H]1C[C@@H]1C1CC1. The van der Waals surface area contributed by atoms with Crippen molar-refractivity contribution < 1.29 is 14.7 Å². The predicted octanol–water partition coefficient (Wildman–Crippen LogP) is 1.89. The molecule has 4 heteroatoms. The molecule has 3 aliphatic rings. The Morgan fingerprint density at radius 1 is 1.17 bits per heavy atom. The second-order valence-corrected chi connectivity index (χ2v) is 6.12. The van der Waals surface area contributed by atoms with E-state index in [1.165, 1.54) is 12.8 Å². The maximum atomic E-state index is 12.4. The van der Waals surface area contributed by atoms with E-state index in [4.69, 9.17) is 5.11 Å². The molecule has 2 saturated carbocycles. The van der Waals surface area contributed by atoms with Crippen LogP contribution in [0.2, 0.25) is 0 Å². The van der Waals surface area contributed by atoms with Crippen molar-refractivity contribution >= 4 is 11.9 Å². The summed E-state index contributed by atoms with van der Waals surface area (Å²) in [5, 5.41) is 8.93. The lowest BCUT2D eigenvalue weighted by atomic mass is 9.98. The first kappa shape index (κ1) is 12.0. The summed E-state index contributed by atoms with van der Waals surface area (Å²) in [6, 6.07) is -0.0517. The van der Waals surface area contributed by atoms with Gasteiger partial charge in [0.1, 0.15) is 0 Å². The number of carbonyl (C=O) groups excluding carboxylic acids is 1. The summed E-state index contributed by atoms with van der Waals surface area (Å²) < 4.78 is 0. The van der Waals surface area contributed by atoms with Crippen LogP contribution in [-0.4, -0.2) is 34.5 Å². The van der Waals surface area contributed by atoms with Gasteiger partial charge < -0.3 is 10.0 Å². The Kier molecular flexibility index (Phi) is 3.04. The predicted molar refractivity (Wildman–Crippen MR) is 65.9 cm³/mol. The van der Waals surface area contributed by atoms with Crippen molar-refractivity contribution in [3.63, 3.8) is 0 Å². The highest BCUT2D eigenvalue weighted by atomic mass is 16.4. The monoisotopic (exact) mass is 251 g/mol. The molecule has 3 atom stereocenters. The number of hydrogen-bond donors (Lipinski definition) is 1. The maximum Gasteiger partial charge on any atom is 0.305 e. The first-order chi connectivity index (χ1) is 8.66. The highest BCUT2D eigenvalue weighted by Gasteiger charge is 2.52. The van der Waals surface area contributed by atoms with Gasteiger partial charge in [-0.2, -0.15) is 0 Å². The molecule has 0 unspecified atom stereocenters. The molecule has 0 bridgehead atoms. The van der Waals surface area contributed by atoms with Crippen LogP contribution >= 0.6 is 0 Å². The van der Waals surface area contributed by atoms with E-state index >= 15 is 0 Å². The van der Waals surface area contributed by atoms with Gasteiger partial charge in [-0.1, -0.05) is 0 Å². The summed E-state index contributed by atoms with van der Waals surface area (Å²) in [4.78, 5) is 25.2. The Balaban J connectivity index is 1.61. The number of nitrogens with zero attached hydrogens (tertiary/aromatic N) is 1. The molecule has 1 N–H and O–H groups in total. The van der Waals surface area contributed by atoms with Crippen LogP contribution in [-0.2, 0) is 9.59 Å². The van der Waals surface area contributed by atoms with Crippen LogP contribution in [0.15, 0.2) is 0 Å². The van der Waals surface area contributed by atoms with Crippen LogP contribution in [0.3, 0.4) is 0 Å². The number of piperidine rings is 1. The van der Waals surface area contributed by atoms with Crippen molar-refractivity contribution in [2.75, 3.05) is 6.54 Å². The largest absolute Gasteiger partial charge is 0.481 e. The minimum Gasteiger partial charge on any atom is -0.481 e. The summed E-state index contributed by atoms with van der Waals surface area (Å²) in [6.45, 7) is 0.769. The van der Waals surface area contributed by atoms with E-state index in [1.807, 2.05) is 4.90 Å². The van der Waals surface area contributed by atoms with Gasteiger partial charge in [0.25, 0.3) is 0 Å². The van der Waals surface area contributed by atoms with Gasteiger partial charge in [-0.05, 0) is 50.4 Å². The number of amides is 1. The standard InChI is InChI=1S/C14H21NO3/c16-13(17)7-10-3-1-2-6-15(10)14(18)12-8-11(12)9-4-5-9/h9-12H,1-8H2,(H,16,17)/t10-,11+,12+/m0/s1. The number of carbonyl (C=O) groups is 2. The van der Waals surface area contributed by atoms with E-state index in [1.54, 1.807) is 0 Å². The number of aliphatic carboxylic acids is 1. The molecule has 1 amide bonds. The molecular weight excluding hydrogens is 230 g/mol. The quantitative estimate of drug-likeness (QED) is 0.830. The Bertz CT molecular complexity index is 364. The second-order valence-electron chi connectivity index (χ2n) is 6.12. The van der Waals surface area contributed by atoms with Crippen molar-refractivity contribution in [2.45, 2.75) is 51.0 Å². The summed E-state index contributed by atoms with van der Waals surface area (Å²) in [6.07, 6.45) is 6.71. The van der Waals surface area contributed by atoms with Crippen molar-refractivity contribution in [2.24, 2.45) is 17.8 Å². The molecule has 0 aromatic carbocycles. The number of likely N-dealkylation sites (tertiary alicyclic amines) is 1. The maximum absolute atomic E-state index is 12.4. The molecule has 3 fully saturated rings. The average Bonchev–Trinajstić information content (AvgIpc) is 3.18. The Labute approximate surface area is 107 Å². The zero-order valence-corrected chi connectivity index (χ0v) is 10.7. The highest BCUT2D eigenvalue weighted by Crippen LogP contribution is 2.55. The molecule has 1 saturated heterocycles. The van der Waals surface area contributed by atoms with Gasteiger partial charge in [-0.15, -0.1) is 0 Å². The normalized spacial score (nSPS) is 35.3. The van der Waals surface area contributed by atoms with Gasteiger partial charge >= 0.3 is 5.97 Å². The molecule has 0 aromatic rings. The van der Waals surface area contributed by atoms with Gasteiger partial charge in [-0.3, -0.25) is 9.59 Å². The molecule has 0 aromatic heterocycles. The van der Waals surface area contributed by atoms with Crippen LogP contribution < -0.4 is 0 Å². The van der Waals surface area contributed by atoms with Crippen molar-refractivity contribution in [3.8, 4) is 0 Å². The lowest BCUT2D eigenvalue weighted by Crippen LogP contribution is -2.45. The Morgan fingerprint density at radius 3 is 2.61 bits per heavy atom. The molecule has 4 nitrogen and oxygen atoms in total. The minimum absolute atomic E-state index is 0.0517. The average molecular weight is 251 g/mol. The third kappa shape index (κ3) is 2.38. The highest BCUT2D eigenvalue weighted by molar-refractivity contribution is 5.83. The van der Waals surface area contributed by atoms with E-state index in [2.05, 4.69) is 0 Å². The third-order valence-electron chi connectivity index (χ3n) is 4.70. The zero-order valence-electron chi connectivity index (χ0n) is 10.7. The van der Waals surface area contributed by atoms with E-state index in [-0.39, 0.29) is 24.3 Å². The van der Waals surface area contributed by atoms with E-state index in [0.29, 0.717) is 5.92 Å². The molecule has 3 rings (SSSR count). The summed E-state index contributed by atoms with van der Waals surface area (Å²) in [5.41, 5.74) is 0. The third-order valence-corrected chi connectivity index (χ3v) is 4.70. The van der Waals surface area contributed by atoms with Crippen LogP contribution in [0.5, 0.6) is 0 Å². The summed E-state index contributed by atoms with van der Waals surface area (Å²) in [5.74, 6) is 1.13. The molecule has 0 radical (unpaired) electrons. The fourth-order valence-corrected chi connectivity index (χ4v) is 3.46. The van der Waals surface area contributed by atoms with E-state index in [9.17, 15) is 9.59 Å². The first-order valence-corrected chi connectivity index (χ1v) is 7.19. The molecular formula is C14H21NO3. The topological polar surface area (TPSA) is 57.6 Å². The van der Waals surface area contributed by atoms with Crippen molar-refractivity contribution in [1.82, 2.24) is 4.90 Å². The zero-order chi connectivity index (χ0) is 12.7. The van der Waals surface area contributed by atoms with Gasteiger partial charge in [-0.25, -0.2) is 0 Å². The fourth-order valence-electron chi connectivity index (χ4n) is 3.46. The van der Waals surface area contributed by atoms with Crippen LogP contribution in [0.1, 0.15) is 44.9 Å². The van der Waals surface area contributed by atoms with Crippen LogP contribution in [0, 0.1) is 17.8 Å². The van der Waals surface area contributed by atoms with Gasteiger partial charge in [0.05, 0.1) is 6.42 Å². The Morgan fingerprint density at radius 2 is 1.94 bits per heavy atom. The molecule has 1 aliphatic heterocycles.